The second-order valence-corrected chi connectivity index (χ2v) is 4.17. The first-order chi connectivity index (χ1) is 8.19. The van der Waals surface area contributed by atoms with Crippen molar-refractivity contribution in [3.05, 3.63) is 29.8 Å². The Morgan fingerprint density at radius 2 is 1.88 bits per heavy atom. The second-order valence-electron chi connectivity index (χ2n) is 4.17. The van der Waals surface area contributed by atoms with Gasteiger partial charge < -0.3 is 10.0 Å². The Bertz CT molecular complexity index is 346. The lowest BCUT2D eigenvalue weighted by atomic mass is 10.1. The molecule has 0 radical (unpaired) electrons. The van der Waals surface area contributed by atoms with Crippen molar-refractivity contribution in [2.75, 3.05) is 24.6 Å². The molecule has 0 aliphatic rings. The third kappa shape index (κ3) is 4.19. The van der Waals surface area contributed by atoms with Crippen LogP contribution in [0.25, 0.3) is 0 Å². The predicted octanol–water partition coefficient (Wildman–Crippen LogP) is 2.49. The van der Waals surface area contributed by atoms with E-state index in [1.807, 2.05) is 24.3 Å². The van der Waals surface area contributed by atoms with Crippen molar-refractivity contribution in [3.63, 3.8) is 0 Å². The summed E-state index contributed by atoms with van der Waals surface area (Å²) in [7, 11) is 0. The van der Waals surface area contributed by atoms with E-state index < -0.39 is 0 Å². The molecule has 94 valence electrons. The van der Waals surface area contributed by atoms with Gasteiger partial charge in [-0.2, -0.15) is 0 Å². The lowest BCUT2D eigenvalue weighted by Gasteiger charge is -2.23. The number of ketones is 1. The largest absolute Gasteiger partial charge is 0.395 e. The monoisotopic (exact) mass is 235 g/mol. The number of benzene rings is 1. The average Bonchev–Trinajstić information content (AvgIpc) is 2.34. The summed E-state index contributed by atoms with van der Waals surface area (Å²) < 4.78 is 0. The van der Waals surface area contributed by atoms with Crippen molar-refractivity contribution in [2.24, 2.45) is 0 Å². The number of carbonyl (C=O) groups excluding carboxylic acids is 1. The Morgan fingerprint density at radius 3 is 2.35 bits per heavy atom. The van der Waals surface area contributed by atoms with E-state index in [1.165, 1.54) is 0 Å². The smallest absolute Gasteiger partial charge is 0.159 e. The molecular formula is C14H21NO2. The first-order valence-corrected chi connectivity index (χ1v) is 6.15. The van der Waals surface area contributed by atoms with Crippen molar-refractivity contribution in [3.8, 4) is 0 Å². The van der Waals surface area contributed by atoms with Crippen LogP contribution < -0.4 is 4.90 Å². The first kappa shape index (κ1) is 13.7. The molecule has 0 spiro atoms. The fourth-order valence-corrected chi connectivity index (χ4v) is 1.75. The van der Waals surface area contributed by atoms with Gasteiger partial charge in [0.05, 0.1) is 6.61 Å². The molecule has 0 fully saturated rings. The van der Waals surface area contributed by atoms with Crippen LogP contribution in [-0.4, -0.2) is 30.6 Å². The van der Waals surface area contributed by atoms with Gasteiger partial charge in [-0.05, 0) is 37.6 Å². The van der Waals surface area contributed by atoms with Gasteiger partial charge >= 0.3 is 0 Å². The molecule has 0 aromatic heterocycles. The normalized spacial score (nSPS) is 10.3. The van der Waals surface area contributed by atoms with E-state index in [-0.39, 0.29) is 12.4 Å². The highest BCUT2D eigenvalue weighted by Crippen LogP contribution is 2.16. The van der Waals surface area contributed by atoms with Crippen LogP contribution in [-0.2, 0) is 0 Å². The van der Waals surface area contributed by atoms with E-state index in [0.717, 1.165) is 30.6 Å². The van der Waals surface area contributed by atoms with E-state index in [9.17, 15) is 4.79 Å². The number of aliphatic hydroxyl groups is 1. The zero-order chi connectivity index (χ0) is 12.7. The van der Waals surface area contributed by atoms with E-state index in [4.69, 9.17) is 5.11 Å². The quantitative estimate of drug-likeness (QED) is 0.738. The summed E-state index contributed by atoms with van der Waals surface area (Å²) in [5.41, 5.74) is 1.80. The van der Waals surface area contributed by atoms with Crippen molar-refractivity contribution >= 4 is 11.5 Å². The summed E-state index contributed by atoms with van der Waals surface area (Å²) in [5.74, 6) is 0.0822. The Labute approximate surface area is 103 Å². The van der Waals surface area contributed by atoms with Gasteiger partial charge in [0.1, 0.15) is 0 Å². The number of rotatable bonds is 7. The number of aliphatic hydroxyl groups excluding tert-OH is 1. The van der Waals surface area contributed by atoms with Crippen molar-refractivity contribution in [1.82, 2.24) is 0 Å². The zero-order valence-corrected chi connectivity index (χ0v) is 10.6. The van der Waals surface area contributed by atoms with E-state index in [1.54, 1.807) is 6.92 Å². The van der Waals surface area contributed by atoms with Crippen LogP contribution in [0, 0.1) is 0 Å². The van der Waals surface area contributed by atoms with Crippen molar-refractivity contribution in [2.45, 2.75) is 26.7 Å². The summed E-state index contributed by atoms with van der Waals surface area (Å²) in [4.78, 5) is 13.3. The van der Waals surface area contributed by atoms with Crippen LogP contribution >= 0.6 is 0 Å². The molecule has 17 heavy (non-hydrogen) atoms. The van der Waals surface area contributed by atoms with Crippen LogP contribution in [0.5, 0.6) is 0 Å². The van der Waals surface area contributed by atoms with Gasteiger partial charge in [0.2, 0.25) is 0 Å². The number of unbranched alkanes of at least 4 members (excludes halogenated alkanes) is 1. The van der Waals surface area contributed by atoms with Crippen LogP contribution in [0.3, 0.4) is 0 Å². The van der Waals surface area contributed by atoms with Gasteiger partial charge in [0, 0.05) is 24.3 Å². The number of nitrogens with zero attached hydrogens (tertiary/aromatic N) is 1. The molecule has 1 N–H and O–H groups in total. The molecule has 1 rings (SSSR count). The minimum Gasteiger partial charge on any atom is -0.395 e. The minimum atomic E-state index is 0.0822. The molecule has 3 nitrogen and oxygen atoms in total. The van der Waals surface area contributed by atoms with E-state index in [0.29, 0.717) is 6.54 Å². The Morgan fingerprint density at radius 1 is 1.24 bits per heavy atom. The van der Waals surface area contributed by atoms with Gasteiger partial charge in [-0.15, -0.1) is 0 Å². The summed E-state index contributed by atoms with van der Waals surface area (Å²) in [6.45, 7) is 5.45. The van der Waals surface area contributed by atoms with Crippen LogP contribution in [0.15, 0.2) is 24.3 Å². The Kier molecular flexibility index (Phi) is 5.70. The van der Waals surface area contributed by atoms with Gasteiger partial charge in [-0.3, -0.25) is 4.79 Å². The number of anilines is 1. The van der Waals surface area contributed by atoms with Gasteiger partial charge in [-0.1, -0.05) is 13.3 Å². The molecule has 1 aromatic rings. The highest BCUT2D eigenvalue weighted by Gasteiger charge is 2.06. The van der Waals surface area contributed by atoms with E-state index >= 15 is 0 Å². The molecule has 0 saturated heterocycles. The molecule has 1 aromatic carbocycles. The number of hydrogen-bond acceptors (Lipinski definition) is 3. The van der Waals surface area contributed by atoms with Crippen molar-refractivity contribution < 1.29 is 9.90 Å². The maximum atomic E-state index is 11.2. The van der Waals surface area contributed by atoms with Crippen LogP contribution in [0.2, 0.25) is 0 Å². The summed E-state index contributed by atoms with van der Waals surface area (Å²) in [6.07, 6.45) is 2.24. The number of Topliss-reactive ketones (excluding diaryl/α,β-unsaturated/α-hetero) is 1. The predicted molar refractivity (Wildman–Crippen MR) is 70.7 cm³/mol. The van der Waals surface area contributed by atoms with Crippen LogP contribution in [0.4, 0.5) is 5.69 Å². The minimum absolute atomic E-state index is 0.0822. The van der Waals surface area contributed by atoms with E-state index in [2.05, 4.69) is 11.8 Å². The number of hydrogen-bond donors (Lipinski definition) is 1. The summed E-state index contributed by atoms with van der Waals surface area (Å²) in [5, 5.41) is 9.04. The molecule has 0 heterocycles. The second kappa shape index (κ2) is 7.07. The lowest BCUT2D eigenvalue weighted by Crippen LogP contribution is -2.27. The van der Waals surface area contributed by atoms with Gasteiger partial charge in [0.25, 0.3) is 0 Å². The molecule has 0 atom stereocenters. The fourth-order valence-electron chi connectivity index (χ4n) is 1.75. The maximum Gasteiger partial charge on any atom is 0.159 e. The summed E-state index contributed by atoms with van der Waals surface area (Å²) >= 11 is 0. The molecule has 0 amide bonds. The van der Waals surface area contributed by atoms with Crippen LogP contribution in [0.1, 0.15) is 37.0 Å². The maximum absolute atomic E-state index is 11.2. The lowest BCUT2D eigenvalue weighted by molar-refractivity contribution is 0.101. The third-order valence-corrected chi connectivity index (χ3v) is 2.79. The Balaban J connectivity index is 2.75. The molecule has 0 unspecified atom stereocenters. The SMILES string of the molecule is CCCCN(CCO)c1ccc(C(C)=O)cc1. The molecule has 0 aliphatic carbocycles. The van der Waals surface area contributed by atoms with Crippen molar-refractivity contribution in [1.29, 1.82) is 0 Å². The zero-order valence-electron chi connectivity index (χ0n) is 10.6. The molecule has 0 bridgehead atoms. The Hall–Kier alpha value is -1.35. The molecular weight excluding hydrogens is 214 g/mol. The number of carbonyl (C=O) groups is 1. The van der Waals surface area contributed by atoms with Gasteiger partial charge in [0.15, 0.2) is 5.78 Å². The standard InChI is InChI=1S/C14H21NO2/c1-3-4-9-15(10-11-16)14-7-5-13(6-8-14)12(2)17/h5-8,16H,3-4,9-11H2,1-2H3. The third-order valence-electron chi connectivity index (χ3n) is 2.79. The molecule has 0 aliphatic heterocycles. The highest BCUT2D eigenvalue weighted by molar-refractivity contribution is 5.94. The molecule has 3 heteroatoms. The first-order valence-electron chi connectivity index (χ1n) is 6.15. The highest BCUT2D eigenvalue weighted by atomic mass is 16.3. The fraction of sp³-hybridized carbons (Fsp3) is 0.500. The topological polar surface area (TPSA) is 40.5 Å². The van der Waals surface area contributed by atoms with Gasteiger partial charge in [-0.25, -0.2) is 0 Å². The summed E-state index contributed by atoms with van der Waals surface area (Å²) in [6, 6.07) is 7.58. The molecule has 0 saturated carbocycles. The average molecular weight is 235 g/mol.